The van der Waals surface area contributed by atoms with Gasteiger partial charge in [-0.25, -0.2) is 0 Å². The predicted molar refractivity (Wildman–Crippen MR) is 92.7 cm³/mol. The zero-order valence-electron chi connectivity index (χ0n) is 14.1. The lowest BCUT2D eigenvalue weighted by molar-refractivity contribution is -0.128. The van der Waals surface area contributed by atoms with E-state index in [4.69, 9.17) is 4.74 Å². The summed E-state index contributed by atoms with van der Waals surface area (Å²) in [6.45, 7) is 5.64. The summed E-state index contributed by atoms with van der Waals surface area (Å²) in [6, 6.07) is 14.6. The molecule has 2 aromatic rings. The Morgan fingerprint density at radius 1 is 1.00 bits per heavy atom. The van der Waals surface area contributed by atoms with Crippen molar-refractivity contribution in [2.75, 3.05) is 0 Å². The van der Waals surface area contributed by atoms with Crippen LogP contribution in [-0.2, 0) is 11.2 Å². The molecule has 0 aromatic heterocycles. The number of nitrogens with one attached hydrogen (secondary N) is 2. The molecule has 2 N–H and O–H groups in total. The lowest BCUT2D eigenvalue weighted by Gasteiger charge is -2.15. The fourth-order valence-electron chi connectivity index (χ4n) is 2.06. The second-order valence-corrected chi connectivity index (χ2v) is 5.57. The van der Waals surface area contributed by atoms with Crippen LogP contribution < -0.4 is 15.6 Å². The molecule has 0 saturated heterocycles. The number of hydrogen-bond donors (Lipinski definition) is 2. The first-order valence-electron chi connectivity index (χ1n) is 7.92. The third-order valence-electron chi connectivity index (χ3n) is 3.63. The molecule has 1 atom stereocenters. The van der Waals surface area contributed by atoms with Crippen molar-refractivity contribution in [1.82, 2.24) is 10.9 Å². The van der Waals surface area contributed by atoms with Gasteiger partial charge in [-0.3, -0.25) is 20.4 Å². The van der Waals surface area contributed by atoms with Crippen LogP contribution in [0.15, 0.2) is 48.5 Å². The maximum Gasteiger partial charge on any atom is 0.279 e. The normalized spacial score (nSPS) is 11.5. The van der Waals surface area contributed by atoms with E-state index in [9.17, 15) is 9.59 Å². The second-order valence-electron chi connectivity index (χ2n) is 5.57. The summed E-state index contributed by atoms with van der Waals surface area (Å²) in [5, 5.41) is 0. The van der Waals surface area contributed by atoms with Crippen molar-refractivity contribution < 1.29 is 14.3 Å². The smallest absolute Gasteiger partial charge is 0.279 e. The molecule has 5 heteroatoms. The van der Waals surface area contributed by atoms with Crippen molar-refractivity contribution in [2.45, 2.75) is 33.3 Å². The SMILES string of the molecule is CCc1ccc(C(=O)NNC(=O)C(C)Oc2ccc(C)cc2)cc1. The molecule has 2 amide bonds. The van der Waals surface area contributed by atoms with Gasteiger partial charge in [-0.05, 0) is 50.1 Å². The molecule has 5 nitrogen and oxygen atoms in total. The Labute approximate surface area is 142 Å². The maximum absolute atomic E-state index is 12.0. The van der Waals surface area contributed by atoms with Crippen LogP contribution in [0.3, 0.4) is 0 Å². The number of aryl methyl sites for hydroxylation is 2. The molecule has 0 bridgehead atoms. The van der Waals surface area contributed by atoms with Gasteiger partial charge < -0.3 is 4.74 Å². The highest BCUT2D eigenvalue weighted by Gasteiger charge is 2.15. The largest absolute Gasteiger partial charge is 0.481 e. The standard InChI is InChI=1S/C19H22N2O3/c1-4-15-7-9-16(10-8-15)19(23)21-20-18(22)14(3)24-17-11-5-13(2)6-12-17/h5-12,14H,4H2,1-3H3,(H,20,22)(H,21,23). The third-order valence-corrected chi connectivity index (χ3v) is 3.63. The lowest BCUT2D eigenvalue weighted by atomic mass is 10.1. The monoisotopic (exact) mass is 326 g/mol. The van der Waals surface area contributed by atoms with E-state index in [1.165, 1.54) is 0 Å². The molecule has 0 saturated carbocycles. The van der Waals surface area contributed by atoms with Gasteiger partial charge in [0.1, 0.15) is 5.75 Å². The molecule has 1 unspecified atom stereocenters. The molecule has 0 radical (unpaired) electrons. The van der Waals surface area contributed by atoms with E-state index in [0.29, 0.717) is 11.3 Å². The van der Waals surface area contributed by atoms with Crippen molar-refractivity contribution in [3.8, 4) is 5.75 Å². The predicted octanol–water partition coefficient (Wildman–Crippen LogP) is 2.79. The van der Waals surface area contributed by atoms with E-state index in [0.717, 1.165) is 17.5 Å². The van der Waals surface area contributed by atoms with E-state index < -0.39 is 12.0 Å². The Kier molecular flexibility index (Phi) is 5.95. The average molecular weight is 326 g/mol. The molecule has 2 aromatic carbocycles. The zero-order valence-corrected chi connectivity index (χ0v) is 14.1. The Bertz CT molecular complexity index is 694. The van der Waals surface area contributed by atoms with Crippen molar-refractivity contribution in [3.63, 3.8) is 0 Å². The van der Waals surface area contributed by atoms with Gasteiger partial charge in [-0.1, -0.05) is 36.8 Å². The number of carbonyl (C=O) groups is 2. The summed E-state index contributed by atoms with van der Waals surface area (Å²) in [7, 11) is 0. The lowest BCUT2D eigenvalue weighted by Crippen LogP contribution is -2.47. The molecule has 0 spiro atoms. The minimum Gasteiger partial charge on any atom is -0.481 e. The van der Waals surface area contributed by atoms with Gasteiger partial charge in [-0.15, -0.1) is 0 Å². The van der Waals surface area contributed by atoms with Crippen LogP contribution in [0.4, 0.5) is 0 Å². The fraction of sp³-hybridized carbons (Fsp3) is 0.263. The molecule has 0 fully saturated rings. The third kappa shape index (κ3) is 4.84. The first kappa shape index (κ1) is 17.5. The molecule has 0 aliphatic carbocycles. The van der Waals surface area contributed by atoms with Crippen molar-refractivity contribution in [1.29, 1.82) is 0 Å². The van der Waals surface area contributed by atoms with E-state index in [2.05, 4.69) is 10.9 Å². The highest BCUT2D eigenvalue weighted by atomic mass is 16.5. The number of hydrazine groups is 1. The summed E-state index contributed by atoms with van der Waals surface area (Å²) in [6.07, 6.45) is 0.183. The van der Waals surface area contributed by atoms with Gasteiger partial charge >= 0.3 is 0 Å². The summed E-state index contributed by atoms with van der Waals surface area (Å²) in [5.41, 5.74) is 7.52. The first-order valence-corrected chi connectivity index (χ1v) is 7.92. The number of rotatable bonds is 5. The fourth-order valence-corrected chi connectivity index (χ4v) is 2.06. The molecule has 2 rings (SSSR count). The van der Waals surface area contributed by atoms with Gasteiger partial charge in [0.25, 0.3) is 11.8 Å². The highest BCUT2D eigenvalue weighted by Crippen LogP contribution is 2.13. The number of ether oxygens (including phenoxy) is 1. The topological polar surface area (TPSA) is 67.4 Å². The summed E-state index contributed by atoms with van der Waals surface area (Å²) in [4.78, 5) is 24.0. The van der Waals surface area contributed by atoms with Crippen LogP contribution in [0.25, 0.3) is 0 Å². The molecule has 0 aliphatic rings. The summed E-state index contributed by atoms with van der Waals surface area (Å²) >= 11 is 0. The van der Waals surface area contributed by atoms with Crippen LogP contribution in [0.5, 0.6) is 5.75 Å². The van der Waals surface area contributed by atoms with Gasteiger partial charge in [0.15, 0.2) is 6.10 Å². The Morgan fingerprint density at radius 2 is 1.62 bits per heavy atom. The number of amides is 2. The number of carbonyl (C=O) groups excluding carboxylic acids is 2. The van der Waals surface area contributed by atoms with E-state index in [1.54, 1.807) is 31.2 Å². The van der Waals surface area contributed by atoms with Gasteiger partial charge in [0.2, 0.25) is 0 Å². The second kappa shape index (κ2) is 8.15. The average Bonchev–Trinajstić information content (AvgIpc) is 2.61. The Balaban J connectivity index is 1.84. The Morgan fingerprint density at radius 3 is 2.21 bits per heavy atom. The van der Waals surface area contributed by atoms with E-state index in [1.807, 2.05) is 38.1 Å². The molecule has 126 valence electrons. The maximum atomic E-state index is 12.0. The van der Waals surface area contributed by atoms with E-state index >= 15 is 0 Å². The quantitative estimate of drug-likeness (QED) is 0.830. The minimum atomic E-state index is -0.726. The molecule has 24 heavy (non-hydrogen) atoms. The minimum absolute atomic E-state index is 0.367. The summed E-state index contributed by atoms with van der Waals surface area (Å²) < 4.78 is 5.54. The molecular formula is C19H22N2O3. The van der Waals surface area contributed by atoms with Gasteiger partial charge in [0.05, 0.1) is 0 Å². The van der Waals surface area contributed by atoms with E-state index in [-0.39, 0.29) is 5.91 Å². The van der Waals surface area contributed by atoms with Crippen molar-refractivity contribution >= 4 is 11.8 Å². The first-order chi connectivity index (χ1) is 11.5. The highest BCUT2D eigenvalue weighted by molar-refractivity contribution is 5.95. The zero-order chi connectivity index (χ0) is 17.5. The molecule has 0 heterocycles. The van der Waals surface area contributed by atoms with Crippen LogP contribution in [0.1, 0.15) is 35.3 Å². The number of hydrogen-bond acceptors (Lipinski definition) is 3. The van der Waals surface area contributed by atoms with Crippen LogP contribution >= 0.6 is 0 Å². The van der Waals surface area contributed by atoms with Gasteiger partial charge in [0, 0.05) is 5.56 Å². The van der Waals surface area contributed by atoms with Crippen molar-refractivity contribution in [3.05, 3.63) is 65.2 Å². The van der Waals surface area contributed by atoms with Crippen LogP contribution in [-0.4, -0.2) is 17.9 Å². The van der Waals surface area contributed by atoms with Crippen LogP contribution in [0, 0.1) is 6.92 Å². The number of benzene rings is 2. The molecule has 0 aliphatic heterocycles. The van der Waals surface area contributed by atoms with Crippen molar-refractivity contribution in [2.24, 2.45) is 0 Å². The Hall–Kier alpha value is -2.82. The molecular weight excluding hydrogens is 304 g/mol. The van der Waals surface area contributed by atoms with Crippen LogP contribution in [0.2, 0.25) is 0 Å². The summed E-state index contributed by atoms with van der Waals surface area (Å²) in [5.74, 6) is -0.188. The van der Waals surface area contributed by atoms with Gasteiger partial charge in [-0.2, -0.15) is 0 Å².